The molecule has 1 aliphatic rings. The van der Waals surface area contributed by atoms with Crippen molar-refractivity contribution in [2.45, 2.75) is 39.2 Å². The van der Waals surface area contributed by atoms with Crippen LogP contribution in [-0.4, -0.2) is 34.4 Å². The van der Waals surface area contributed by atoms with Crippen LogP contribution in [0.25, 0.3) is 11.4 Å². The van der Waals surface area contributed by atoms with Crippen LogP contribution in [0, 0.1) is 6.92 Å². The second-order valence-electron chi connectivity index (χ2n) is 7.47. The maximum Gasteiger partial charge on any atom is 0.262 e. The van der Waals surface area contributed by atoms with E-state index in [2.05, 4.69) is 20.1 Å². The molecule has 0 aliphatic carbocycles. The van der Waals surface area contributed by atoms with E-state index < -0.39 is 0 Å². The fourth-order valence-corrected chi connectivity index (χ4v) is 3.67. The van der Waals surface area contributed by atoms with Crippen molar-refractivity contribution in [2.75, 3.05) is 19.0 Å². The maximum absolute atomic E-state index is 12.4. The van der Waals surface area contributed by atoms with Gasteiger partial charge in [-0.2, -0.15) is 0 Å². The molecule has 1 amide bonds. The molecular formula is C23H26N4O3. The molecule has 0 bridgehead atoms. The number of benzene rings is 2. The molecule has 30 heavy (non-hydrogen) atoms. The lowest BCUT2D eigenvalue weighted by Crippen LogP contribution is -2.20. The Labute approximate surface area is 176 Å². The van der Waals surface area contributed by atoms with Gasteiger partial charge in [-0.1, -0.05) is 24.6 Å². The second-order valence-corrected chi connectivity index (χ2v) is 7.47. The van der Waals surface area contributed by atoms with Crippen molar-refractivity contribution in [2.24, 2.45) is 0 Å². The number of methoxy groups -OCH3 is 1. The number of hydrogen-bond acceptors (Lipinski definition) is 5. The summed E-state index contributed by atoms with van der Waals surface area (Å²) >= 11 is 0. The monoisotopic (exact) mass is 406 g/mol. The van der Waals surface area contributed by atoms with E-state index in [0.29, 0.717) is 17.2 Å². The Morgan fingerprint density at radius 3 is 2.87 bits per heavy atom. The maximum atomic E-state index is 12.4. The minimum absolute atomic E-state index is 0.107. The molecule has 7 nitrogen and oxygen atoms in total. The number of ether oxygens (including phenoxy) is 2. The first-order chi connectivity index (χ1) is 14.6. The van der Waals surface area contributed by atoms with Crippen molar-refractivity contribution in [3.8, 4) is 22.9 Å². The molecule has 7 heteroatoms. The molecule has 3 aromatic rings. The van der Waals surface area contributed by atoms with Crippen molar-refractivity contribution in [3.63, 3.8) is 0 Å². The van der Waals surface area contributed by atoms with Gasteiger partial charge in [0, 0.05) is 24.2 Å². The quantitative estimate of drug-likeness (QED) is 0.669. The number of nitrogens with zero attached hydrogens (tertiary/aromatic N) is 3. The Bertz CT molecular complexity index is 1040. The first kappa shape index (κ1) is 19.9. The highest BCUT2D eigenvalue weighted by atomic mass is 16.5. The first-order valence-electron chi connectivity index (χ1n) is 10.2. The van der Waals surface area contributed by atoms with Crippen LogP contribution in [0.4, 0.5) is 5.69 Å². The summed E-state index contributed by atoms with van der Waals surface area (Å²) in [6.07, 6.45) is 4.46. The zero-order chi connectivity index (χ0) is 20.9. The number of fused-ring (bicyclic) bond motifs is 1. The summed E-state index contributed by atoms with van der Waals surface area (Å²) in [5.41, 5.74) is 2.70. The lowest BCUT2D eigenvalue weighted by atomic mass is 10.2. The predicted octanol–water partition coefficient (Wildman–Crippen LogP) is 4.01. The molecule has 0 fully saturated rings. The molecule has 0 spiro atoms. The van der Waals surface area contributed by atoms with Crippen LogP contribution in [0.1, 0.15) is 30.7 Å². The van der Waals surface area contributed by atoms with Crippen LogP contribution in [0.3, 0.4) is 0 Å². The van der Waals surface area contributed by atoms with Crippen LogP contribution < -0.4 is 14.8 Å². The fraction of sp³-hybridized carbons (Fsp3) is 0.348. The fourth-order valence-electron chi connectivity index (χ4n) is 3.67. The highest BCUT2D eigenvalue weighted by Crippen LogP contribution is 2.28. The number of aryl methyl sites for hydroxylation is 2. The van der Waals surface area contributed by atoms with Gasteiger partial charge in [-0.05, 0) is 49.6 Å². The normalized spacial score (nSPS) is 13.3. The summed E-state index contributed by atoms with van der Waals surface area (Å²) in [6, 6.07) is 13.3. The van der Waals surface area contributed by atoms with Gasteiger partial charge in [-0.15, -0.1) is 10.2 Å². The average Bonchev–Trinajstić information content (AvgIpc) is 3.01. The zero-order valence-electron chi connectivity index (χ0n) is 17.4. The van der Waals surface area contributed by atoms with Crippen LogP contribution >= 0.6 is 0 Å². The van der Waals surface area contributed by atoms with Crippen molar-refractivity contribution in [1.82, 2.24) is 14.8 Å². The molecule has 1 aromatic heterocycles. The molecule has 2 aromatic carbocycles. The van der Waals surface area contributed by atoms with E-state index in [9.17, 15) is 4.79 Å². The Kier molecular flexibility index (Phi) is 5.97. The predicted molar refractivity (Wildman–Crippen MR) is 115 cm³/mol. The Hall–Kier alpha value is -3.35. The summed E-state index contributed by atoms with van der Waals surface area (Å²) in [4.78, 5) is 12.4. The number of aromatic nitrogens is 3. The smallest absolute Gasteiger partial charge is 0.262 e. The molecule has 1 aliphatic heterocycles. The molecule has 1 N–H and O–H groups in total. The highest BCUT2D eigenvalue weighted by Gasteiger charge is 2.16. The molecular weight excluding hydrogens is 380 g/mol. The highest BCUT2D eigenvalue weighted by molar-refractivity contribution is 5.92. The summed E-state index contributed by atoms with van der Waals surface area (Å²) in [5.74, 6) is 2.80. The van der Waals surface area contributed by atoms with Gasteiger partial charge in [0.1, 0.15) is 5.82 Å². The van der Waals surface area contributed by atoms with E-state index in [1.807, 2.05) is 43.3 Å². The zero-order valence-corrected chi connectivity index (χ0v) is 17.4. The standard InChI is InChI=1S/C23H26N4O3/c1-16-10-11-19(20(13-16)29-2)30-15-22(28)24-18-8-6-7-17(14-18)23-26-25-21-9-4-3-5-12-27(21)23/h6-8,10-11,13-14H,3-5,9,12,15H2,1-2H3,(H,24,28). The molecule has 0 saturated carbocycles. The second kappa shape index (κ2) is 8.98. The van der Waals surface area contributed by atoms with Gasteiger partial charge < -0.3 is 19.4 Å². The van der Waals surface area contributed by atoms with Gasteiger partial charge in [0.25, 0.3) is 5.91 Å². The number of nitrogens with one attached hydrogen (secondary N) is 1. The van der Waals surface area contributed by atoms with Crippen LogP contribution in [0.15, 0.2) is 42.5 Å². The minimum atomic E-state index is -0.241. The number of carbonyl (C=O) groups excluding carboxylic acids is 1. The molecule has 0 radical (unpaired) electrons. The van der Waals surface area contributed by atoms with Gasteiger partial charge in [-0.25, -0.2) is 0 Å². The lowest BCUT2D eigenvalue weighted by molar-refractivity contribution is -0.118. The van der Waals surface area contributed by atoms with Gasteiger partial charge in [0.15, 0.2) is 23.9 Å². The van der Waals surface area contributed by atoms with E-state index >= 15 is 0 Å². The van der Waals surface area contributed by atoms with Crippen molar-refractivity contribution in [3.05, 3.63) is 53.9 Å². The van der Waals surface area contributed by atoms with Crippen molar-refractivity contribution in [1.29, 1.82) is 0 Å². The molecule has 0 atom stereocenters. The number of rotatable bonds is 6. The van der Waals surface area contributed by atoms with E-state index in [1.165, 1.54) is 6.42 Å². The van der Waals surface area contributed by atoms with Crippen molar-refractivity contribution >= 4 is 11.6 Å². The minimum Gasteiger partial charge on any atom is -0.493 e. The average molecular weight is 406 g/mol. The topological polar surface area (TPSA) is 78.3 Å². The van der Waals surface area contributed by atoms with Gasteiger partial charge >= 0.3 is 0 Å². The van der Waals surface area contributed by atoms with Crippen molar-refractivity contribution < 1.29 is 14.3 Å². The van der Waals surface area contributed by atoms with Gasteiger partial charge in [0.05, 0.1) is 7.11 Å². The van der Waals surface area contributed by atoms with Crippen LogP contribution in [0.5, 0.6) is 11.5 Å². The first-order valence-corrected chi connectivity index (χ1v) is 10.2. The summed E-state index contributed by atoms with van der Waals surface area (Å²) in [7, 11) is 1.58. The Balaban J connectivity index is 1.44. The third-order valence-corrected chi connectivity index (χ3v) is 5.19. The third kappa shape index (κ3) is 4.45. The molecule has 0 unspecified atom stereocenters. The molecule has 2 heterocycles. The molecule has 0 saturated heterocycles. The summed E-state index contributed by atoms with van der Waals surface area (Å²) in [6.45, 7) is 2.80. The largest absolute Gasteiger partial charge is 0.493 e. The Morgan fingerprint density at radius 1 is 1.10 bits per heavy atom. The van der Waals surface area contributed by atoms with Gasteiger partial charge in [0.2, 0.25) is 0 Å². The van der Waals surface area contributed by atoms with E-state index in [-0.39, 0.29) is 12.5 Å². The van der Waals surface area contributed by atoms with Gasteiger partial charge in [-0.3, -0.25) is 4.79 Å². The number of hydrogen-bond donors (Lipinski definition) is 1. The van der Waals surface area contributed by atoms with E-state index in [0.717, 1.165) is 48.6 Å². The number of amides is 1. The van der Waals surface area contributed by atoms with E-state index in [1.54, 1.807) is 13.2 Å². The number of anilines is 1. The molecule has 4 rings (SSSR count). The van der Waals surface area contributed by atoms with E-state index in [4.69, 9.17) is 9.47 Å². The van der Waals surface area contributed by atoms with Crippen LogP contribution in [-0.2, 0) is 17.8 Å². The number of carbonyl (C=O) groups is 1. The third-order valence-electron chi connectivity index (χ3n) is 5.19. The SMILES string of the molecule is COc1cc(C)ccc1OCC(=O)Nc1cccc(-c2nnc3n2CCCCC3)c1. The summed E-state index contributed by atoms with van der Waals surface area (Å²) in [5, 5.41) is 11.7. The van der Waals surface area contributed by atoms with Crippen LogP contribution in [0.2, 0.25) is 0 Å². The molecule has 156 valence electrons. The lowest BCUT2D eigenvalue weighted by Gasteiger charge is -2.12. The summed E-state index contributed by atoms with van der Waals surface area (Å²) < 4.78 is 13.2. The Morgan fingerprint density at radius 2 is 2.00 bits per heavy atom.